The van der Waals surface area contributed by atoms with Crippen LogP contribution in [0.5, 0.6) is 11.5 Å². The summed E-state index contributed by atoms with van der Waals surface area (Å²) >= 11 is 0. The number of benzene rings is 2. The van der Waals surface area contributed by atoms with Gasteiger partial charge in [0.15, 0.2) is 5.82 Å². The summed E-state index contributed by atoms with van der Waals surface area (Å²) < 4.78 is 13.2. The predicted molar refractivity (Wildman–Crippen MR) is 124 cm³/mol. The van der Waals surface area contributed by atoms with Crippen LogP contribution in [-0.4, -0.2) is 65.5 Å². The number of rotatable bonds is 6. The summed E-state index contributed by atoms with van der Waals surface area (Å²) in [5, 5.41) is 12.9. The monoisotopic (exact) mass is 436 g/mol. The molecule has 1 fully saturated rings. The summed E-state index contributed by atoms with van der Waals surface area (Å²) in [6.07, 6.45) is 0. The Morgan fingerprint density at radius 2 is 1.62 bits per heavy atom. The Morgan fingerprint density at radius 1 is 0.906 bits per heavy atom. The molecular weight excluding hydrogens is 404 g/mol. The Bertz CT molecular complexity index is 1020. The molecule has 3 aromatic rings. The van der Waals surface area contributed by atoms with Crippen LogP contribution in [0, 0.1) is 0 Å². The lowest BCUT2D eigenvalue weighted by molar-refractivity contribution is 0.188. The number of nitrogens with zero attached hydrogens (tertiary/aromatic N) is 6. The second kappa shape index (κ2) is 9.16. The number of anilines is 1. The standard InChI is InChI=1S/C24H32N6O2/c1-24(2,3)30-23(25-26-27-30)22(20-17-19(31-4)11-12-21(20)32-5)29-15-13-28(14-16-29)18-9-7-6-8-10-18/h6-12,17,22H,13-16H2,1-5H3/t22-/m1/s1. The van der Waals surface area contributed by atoms with Crippen molar-refractivity contribution in [1.29, 1.82) is 0 Å². The molecule has 2 aromatic carbocycles. The molecule has 2 heterocycles. The first-order valence-electron chi connectivity index (χ1n) is 11.0. The molecular formula is C24H32N6O2. The van der Waals surface area contributed by atoms with Crippen molar-refractivity contribution >= 4 is 5.69 Å². The number of tetrazole rings is 1. The van der Waals surface area contributed by atoms with Crippen LogP contribution in [-0.2, 0) is 5.54 Å². The van der Waals surface area contributed by atoms with Gasteiger partial charge >= 0.3 is 0 Å². The molecule has 0 bridgehead atoms. The van der Waals surface area contributed by atoms with E-state index in [4.69, 9.17) is 9.47 Å². The van der Waals surface area contributed by atoms with Crippen molar-refractivity contribution in [2.24, 2.45) is 0 Å². The Kier molecular flexibility index (Phi) is 6.32. The molecule has 32 heavy (non-hydrogen) atoms. The Morgan fingerprint density at radius 3 is 2.25 bits per heavy atom. The van der Waals surface area contributed by atoms with E-state index in [0.29, 0.717) is 0 Å². The Hall–Kier alpha value is -3.13. The van der Waals surface area contributed by atoms with Gasteiger partial charge in [-0.25, -0.2) is 4.68 Å². The molecule has 0 unspecified atom stereocenters. The van der Waals surface area contributed by atoms with Crippen molar-refractivity contribution in [3.63, 3.8) is 0 Å². The third-order valence-corrected chi connectivity index (χ3v) is 5.91. The molecule has 8 nitrogen and oxygen atoms in total. The molecule has 0 aliphatic carbocycles. The quantitative estimate of drug-likeness (QED) is 0.587. The van der Waals surface area contributed by atoms with Gasteiger partial charge in [0.25, 0.3) is 0 Å². The molecule has 1 aliphatic heterocycles. The lowest BCUT2D eigenvalue weighted by Gasteiger charge is -2.40. The van der Waals surface area contributed by atoms with Gasteiger partial charge in [-0.05, 0) is 61.5 Å². The number of ether oxygens (including phenoxy) is 2. The van der Waals surface area contributed by atoms with Crippen molar-refractivity contribution < 1.29 is 9.47 Å². The average Bonchev–Trinajstić information content (AvgIpc) is 3.30. The van der Waals surface area contributed by atoms with Crippen molar-refractivity contribution in [2.75, 3.05) is 45.3 Å². The van der Waals surface area contributed by atoms with E-state index in [0.717, 1.165) is 49.1 Å². The van der Waals surface area contributed by atoms with Gasteiger partial charge in [0, 0.05) is 37.4 Å². The zero-order valence-corrected chi connectivity index (χ0v) is 19.5. The molecule has 0 saturated carbocycles. The summed E-state index contributed by atoms with van der Waals surface area (Å²) in [6.45, 7) is 9.92. The maximum atomic E-state index is 5.76. The minimum atomic E-state index is -0.255. The highest BCUT2D eigenvalue weighted by atomic mass is 16.5. The summed E-state index contributed by atoms with van der Waals surface area (Å²) in [6, 6.07) is 16.3. The van der Waals surface area contributed by atoms with E-state index in [1.807, 2.05) is 22.9 Å². The second-order valence-corrected chi connectivity index (χ2v) is 8.99. The number of piperazine rings is 1. The molecule has 0 amide bonds. The van der Waals surface area contributed by atoms with Crippen LogP contribution in [0.3, 0.4) is 0 Å². The molecule has 8 heteroatoms. The summed E-state index contributed by atoms with van der Waals surface area (Å²) in [5.41, 5.74) is 2.00. The van der Waals surface area contributed by atoms with Gasteiger partial charge in [0.1, 0.15) is 17.5 Å². The van der Waals surface area contributed by atoms with Gasteiger partial charge in [-0.1, -0.05) is 18.2 Å². The van der Waals surface area contributed by atoms with E-state index >= 15 is 0 Å². The molecule has 0 radical (unpaired) electrons. The minimum Gasteiger partial charge on any atom is -0.497 e. The highest BCUT2D eigenvalue weighted by Crippen LogP contribution is 2.38. The number of hydrogen-bond acceptors (Lipinski definition) is 7. The molecule has 0 N–H and O–H groups in total. The van der Waals surface area contributed by atoms with E-state index < -0.39 is 0 Å². The smallest absolute Gasteiger partial charge is 0.173 e. The predicted octanol–water partition coefficient (Wildman–Crippen LogP) is 3.36. The van der Waals surface area contributed by atoms with Crippen LogP contribution in [0.15, 0.2) is 48.5 Å². The van der Waals surface area contributed by atoms with Crippen LogP contribution < -0.4 is 14.4 Å². The highest BCUT2D eigenvalue weighted by molar-refractivity contribution is 5.47. The van der Waals surface area contributed by atoms with E-state index in [-0.39, 0.29) is 11.6 Å². The molecule has 1 aliphatic rings. The first-order chi connectivity index (χ1) is 15.4. The zero-order valence-electron chi connectivity index (χ0n) is 19.5. The fraction of sp³-hybridized carbons (Fsp3) is 0.458. The Balaban J connectivity index is 1.73. The summed E-state index contributed by atoms with van der Waals surface area (Å²) in [4.78, 5) is 4.85. The van der Waals surface area contributed by atoms with Crippen molar-refractivity contribution in [3.8, 4) is 11.5 Å². The zero-order chi connectivity index (χ0) is 22.7. The van der Waals surface area contributed by atoms with Gasteiger partial charge < -0.3 is 14.4 Å². The number of para-hydroxylation sites is 1. The van der Waals surface area contributed by atoms with E-state index in [9.17, 15) is 0 Å². The average molecular weight is 437 g/mol. The van der Waals surface area contributed by atoms with Crippen molar-refractivity contribution in [3.05, 3.63) is 59.9 Å². The van der Waals surface area contributed by atoms with E-state index in [1.165, 1.54) is 5.69 Å². The Labute approximate surface area is 189 Å². The van der Waals surface area contributed by atoms with E-state index in [1.54, 1.807) is 14.2 Å². The van der Waals surface area contributed by atoms with Crippen LogP contribution in [0.1, 0.15) is 38.2 Å². The van der Waals surface area contributed by atoms with Crippen LogP contribution in [0.2, 0.25) is 0 Å². The maximum Gasteiger partial charge on any atom is 0.173 e. The molecule has 1 saturated heterocycles. The van der Waals surface area contributed by atoms with Gasteiger partial charge in [-0.3, -0.25) is 4.90 Å². The van der Waals surface area contributed by atoms with Crippen molar-refractivity contribution in [1.82, 2.24) is 25.1 Å². The molecule has 4 rings (SSSR count). The van der Waals surface area contributed by atoms with Gasteiger partial charge in [-0.2, -0.15) is 0 Å². The van der Waals surface area contributed by atoms with Crippen LogP contribution >= 0.6 is 0 Å². The van der Waals surface area contributed by atoms with Gasteiger partial charge in [0.2, 0.25) is 0 Å². The molecule has 0 spiro atoms. The molecule has 1 aromatic heterocycles. The van der Waals surface area contributed by atoms with Gasteiger partial charge in [0.05, 0.1) is 19.8 Å². The largest absolute Gasteiger partial charge is 0.497 e. The molecule has 1 atom stereocenters. The van der Waals surface area contributed by atoms with Crippen LogP contribution in [0.25, 0.3) is 0 Å². The second-order valence-electron chi connectivity index (χ2n) is 8.99. The minimum absolute atomic E-state index is 0.160. The number of aromatic nitrogens is 4. The lowest BCUT2D eigenvalue weighted by atomic mass is 10.00. The van der Waals surface area contributed by atoms with Crippen LogP contribution in [0.4, 0.5) is 5.69 Å². The fourth-order valence-corrected chi connectivity index (χ4v) is 4.27. The number of methoxy groups -OCH3 is 2. The highest BCUT2D eigenvalue weighted by Gasteiger charge is 2.35. The SMILES string of the molecule is COc1ccc(OC)c([C@H](c2nnnn2C(C)(C)C)N2CCN(c3ccccc3)CC2)c1. The third kappa shape index (κ3) is 4.41. The number of hydrogen-bond donors (Lipinski definition) is 0. The first kappa shape index (κ1) is 22.1. The topological polar surface area (TPSA) is 68.5 Å². The fourth-order valence-electron chi connectivity index (χ4n) is 4.27. The van der Waals surface area contributed by atoms with Crippen molar-refractivity contribution in [2.45, 2.75) is 32.4 Å². The summed E-state index contributed by atoms with van der Waals surface area (Å²) in [7, 11) is 3.38. The lowest BCUT2D eigenvalue weighted by Crippen LogP contribution is -2.48. The van der Waals surface area contributed by atoms with Gasteiger partial charge in [-0.15, -0.1) is 5.10 Å². The third-order valence-electron chi connectivity index (χ3n) is 5.91. The summed E-state index contributed by atoms with van der Waals surface area (Å²) in [5.74, 6) is 2.38. The molecule has 170 valence electrons. The van der Waals surface area contributed by atoms with E-state index in [2.05, 4.69) is 76.4 Å². The first-order valence-corrected chi connectivity index (χ1v) is 11.0. The normalized spacial score (nSPS) is 16.1. The maximum absolute atomic E-state index is 5.76.